The Morgan fingerprint density at radius 2 is 2.05 bits per heavy atom. The fourth-order valence-electron chi connectivity index (χ4n) is 2.58. The minimum Gasteiger partial charge on any atom is -0.351 e. The molecule has 0 aliphatic heterocycles. The molecule has 0 spiro atoms. The predicted octanol–water partition coefficient (Wildman–Crippen LogP) is 2.29. The summed E-state index contributed by atoms with van der Waals surface area (Å²) in [4.78, 5) is 25.4. The Hall–Kier alpha value is -1.29. The maximum Gasteiger partial charge on any atom is 0.252 e. The number of alkyl halides is 1. The maximum atomic E-state index is 12.0. The Morgan fingerprint density at radius 3 is 2.63 bits per heavy atom. The predicted molar refractivity (Wildman–Crippen MR) is 75.6 cm³/mol. The molecule has 1 heterocycles. The van der Waals surface area contributed by atoms with Gasteiger partial charge in [-0.3, -0.25) is 9.59 Å². The molecule has 1 aromatic rings. The molecule has 1 fully saturated rings. The average Bonchev–Trinajstić information content (AvgIpc) is 2.46. The maximum absolute atomic E-state index is 12.0. The quantitative estimate of drug-likeness (QED) is 0.833. The molecule has 2 rings (SSSR count). The Balaban J connectivity index is 1.95. The molecule has 0 bridgehead atoms. The SMILES string of the molecule is O=C(NCC1(CCl)CCCCC1)c1ccc(=O)[nH]c1. The van der Waals surface area contributed by atoms with E-state index in [1.54, 1.807) is 0 Å². The summed E-state index contributed by atoms with van der Waals surface area (Å²) in [6.45, 7) is 0.606. The van der Waals surface area contributed by atoms with Crippen molar-refractivity contribution in [3.63, 3.8) is 0 Å². The van der Waals surface area contributed by atoms with Crippen molar-refractivity contribution in [1.29, 1.82) is 0 Å². The van der Waals surface area contributed by atoms with Gasteiger partial charge in [-0.05, 0) is 18.9 Å². The van der Waals surface area contributed by atoms with Crippen molar-refractivity contribution in [2.75, 3.05) is 12.4 Å². The first-order valence-electron chi connectivity index (χ1n) is 6.68. The van der Waals surface area contributed by atoms with Crippen LogP contribution >= 0.6 is 11.6 Å². The van der Waals surface area contributed by atoms with E-state index in [0.717, 1.165) is 12.8 Å². The highest BCUT2D eigenvalue weighted by molar-refractivity contribution is 6.18. The van der Waals surface area contributed by atoms with Crippen LogP contribution < -0.4 is 10.9 Å². The van der Waals surface area contributed by atoms with Gasteiger partial charge in [0.05, 0.1) is 5.56 Å². The lowest BCUT2D eigenvalue weighted by atomic mass is 9.75. The second-order valence-corrected chi connectivity index (χ2v) is 5.59. The van der Waals surface area contributed by atoms with Gasteiger partial charge < -0.3 is 10.3 Å². The van der Waals surface area contributed by atoms with Gasteiger partial charge in [-0.2, -0.15) is 0 Å². The molecule has 0 saturated heterocycles. The summed E-state index contributed by atoms with van der Waals surface area (Å²) in [5, 5.41) is 2.93. The molecule has 1 aliphatic carbocycles. The lowest BCUT2D eigenvalue weighted by Gasteiger charge is -2.35. The van der Waals surface area contributed by atoms with E-state index in [1.807, 2.05) is 0 Å². The van der Waals surface area contributed by atoms with Crippen molar-refractivity contribution >= 4 is 17.5 Å². The molecule has 0 atom stereocenters. The van der Waals surface area contributed by atoms with Crippen molar-refractivity contribution < 1.29 is 4.79 Å². The number of H-pyrrole nitrogens is 1. The summed E-state index contributed by atoms with van der Waals surface area (Å²) in [6.07, 6.45) is 7.20. The second-order valence-electron chi connectivity index (χ2n) is 5.32. The van der Waals surface area contributed by atoms with Crippen LogP contribution in [0, 0.1) is 5.41 Å². The number of amides is 1. The van der Waals surface area contributed by atoms with Gasteiger partial charge >= 0.3 is 0 Å². The van der Waals surface area contributed by atoms with E-state index in [-0.39, 0.29) is 16.9 Å². The highest BCUT2D eigenvalue weighted by Crippen LogP contribution is 2.36. The summed E-state index contributed by atoms with van der Waals surface area (Å²) >= 11 is 6.09. The first-order valence-corrected chi connectivity index (χ1v) is 7.22. The number of rotatable bonds is 4. The summed E-state index contributed by atoms with van der Waals surface area (Å²) in [5.74, 6) is 0.421. The van der Waals surface area contributed by atoms with E-state index in [0.29, 0.717) is 18.0 Å². The minimum atomic E-state index is -0.207. The van der Waals surface area contributed by atoms with Crippen molar-refractivity contribution in [2.24, 2.45) is 5.41 Å². The number of aromatic nitrogens is 1. The van der Waals surface area contributed by atoms with Gasteiger partial charge in [0.25, 0.3) is 5.91 Å². The van der Waals surface area contributed by atoms with Crippen LogP contribution in [0.5, 0.6) is 0 Å². The standard InChI is InChI=1S/C14H19ClN2O2/c15-9-14(6-2-1-3-7-14)10-17-13(19)11-4-5-12(18)16-8-11/h4-5,8H,1-3,6-7,9-10H2,(H,16,18)(H,17,19). The highest BCUT2D eigenvalue weighted by atomic mass is 35.5. The molecule has 0 radical (unpaired) electrons. The number of aromatic amines is 1. The van der Waals surface area contributed by atoms with Gasteiger partial charge in [0.1, 0.15) is 0 Å². The summed E-state index contributed by atoms with van der Waals surface area (Å²) < 4.78 is 0. The van der Waals surface area contributed by atoms with Crippen LogP contribution in [0.2, 0.25) is 0 Å². The lowest BCUT2D eigenvalue weighted by Crippen LogP contribution is -2.40. The molecule has 19 heavy (non-hydrogen) atoms. The number of nitrogens with one attached hydrogen (secondary N) is 2. The van der Waals surface area contributed by atoms with E-state index in [1.165, 1.54) is 37.6 Å². The van der Waals surface area contributed by atoms with E-state index in [4.69, 9.17) is 11.6 Å². The molecule has 0 unspecified atom stereocenters. The Bertz CT molecular complexity index is 472. The normalized spacial score (nSPS) is 17.9. The average molecular weight is 283 g/mol. The van der Waals surface area contributed by atoms with Crippen molar-refractivity contribution in [3.8, 4) is 0 Å². The molecule has 1 aromatic heterocycles. The Morgan fingerprint density at radius 1 is 1.32 bits per heavy atom. The Kier molecular flexibility index (Phi) is 4.64. The smallest absolute Gasteiger partial charge is 0.252 e. The van der Waals surface area contributed by atoms with Gasteiger partial charge in [0.15, 0.2) is 0 Å². The monoisotopic (exact) mass is 282 g/mol. The molecule has 1 saturated carbocycles. The van der Waals surface area contributed by atoms with Gasteiger partial charge in [0.2, 0.25) is 5.56 Å². The summed E-state index contributed by atoms with van der Waals surface area (Å²) in [6, 6.07) is 2.88. The van der Waals surface area contributed by atoms with Crippen molar-refractivity contribution in [2.45, 2.75) is 32.1 Å². The third-order valence-electron chi connectivity index (χ3n) is 3.87. The van der Waals surface area contributed by atoms with Crippen LogP contribution in [0.4, 0.5) is 0 Å². The van der Waals surface area contributed by atoms with Crippen LogP contribution in [0.1, 0.15) is 42.5 Å². The van der Waals surface area contributed by atoms with Gasteiger partial charge in [0, 0.05) is 30.1 Å². The molecule has 0 aromatic carbocycles. The van der Waals surface area contributed by atoms with Crippen LogP contribution in [0.3, 0.4) is 0 Å². The molecule has 4 nitrogen and oxygen atoms in total. The Labute approximate surface area is 117 Å². The van der Waals surface area contributed by atoms with Crippen LogP contribution in [0.15, 0.2) is 23.1 Å². The molecular formula is C14H19ClN2O2. The third-order valence-corrected chi connectivity index (χ3v) is 4.43. The fourth-order valence-corrected chi connectivity index (χ4v) is 2.94. The zero-order valence-electron chi connectivity index (χ0n) is 10.9. The largest absolute Gasteiger partial charge is 0.351 e. The number of hydrogen-bond donors (Lipinski definition) is 2. The van der Waals surface area contributed by atoms with Gasteiger partial charge in [-0.25, -0.2) is 0 Å². The van der Waals surface area contributed by atoms with Crippen LogP contribution in [-0.4, -0.2) is 23.3 Å². The number of pyridine rings is 1. The van der Waals surface area contributed by atoms with Gasteiger partial charge in [-0.15, -0.1) is 11.6 Å². The van der Waals surface area contributed by atoms with E-state index in [9.17, 15) is 9.59 Å². The van der Waals surface area contributed by atoms with E-state index in [2.05, 4.69) is 10.3 Å². The topological polar surface area (TPSA) is 62.0 Å². The third kappa shape index (κ3) is 3.60. The van der Waals surface area contributed by atoms with Crippen molar-refractivity contribution in [1.82, 2.24) is 10.3 Å². The van der Waals surface area contributed by atoms with Crippen LogP contribution in [0.25, 0.3) is 0 Å². The molecule has 1 amide bonds. The fraction of sp³-hybridized carbons (Fsp3) is 0.571. The number of halogens is 1. The molecule has 2 N–H and O–H groups in total. The van der Waals surface area contributed by atoms with Crippen LogP contribution in [-0.2, 0) is 0 Å². The molecule has 1 aliphatic rings. The number of carbonyl (C=O) groups excluding carboxylic acids is 1. The zero-order chi connectivity index (χ0) is 13.7. The number of hydrogen-bond acceptors (Lipinski definition) is 2. The second kappa shape index (κ2) is 6.24. The molecular weight excluding hydrogens is 264 g/mol. The van der Waals surface area contributed by atoms with Gasteiger partial charge in [-0.1, -0.05) is 19.3 Å². The number of carbonyl (C=O) groups is 1. The van der Waals surface area contributed by atoms with E-state index >= 15 is 0 Å². The first kappa shape index (κ1) is 14.1. The first-order chi connectivity index (χ1) is 9.15. The summed E-state index contributed by atoms with van der Waals surface area (Å²) in [5.41, 5.74) is 0.304. The molecule has 5 heteroatoms. The van der Waals surface area contributed by atoms with Crippen molar-refractivity contribution in [3.05, 3.63) is 34.2 Å². The minimum absolute atomic E-state index is 0.0393. The van der Waals surface area contributed by atoms with E-state index < -0.39 is 0 Å². The highest BCUT2D eigenvalue weighted by Gasteiger charge is 2.31. The zero-order valence-corrected chi connectivity index (χ0v) is 11.6. The molecule has 104 valence electrons. The summed E-state index contributed by atoms with van der Waals surface area (Å²) in [7, 11) is 0. The lowest BCUT2D eigenvalue weighted by molar-refractivity contribution is 0.0920.